The fourth-order valence-electron chi connectivity index (χ4n) is 1.54. The van der Waals surface area contributed by atoms with E-state index in [9.17, 15) is 9.59 Å². The predicted molar refractivity (Wildman–Crippen MR) is 61.5 cm³/mol. The second-order valence-electron chi connectivity index (χ2n) is 3.90. The molecule has 4 nitrogen and oxygen atoms in total. The van der Waals surface area contributed by atoms with Gasteiger partial charge in [-0.1, -0.05) is 13.8 Å². The molecule has 0 saturated carbocycles. The van der Waals surface area contributed by atoms with Gasteiger partial charge in [0.1, 0.15) is 4.83 Å². The van der Waals surface area contributed by atoms with Crippen LogP contribution in [0.25, 0.3) is 10.2 Å². The van der Waals surface area contributed by atoms with E-state index >= 15 is 0 Å². The van der Waals surface area contributed by atoms with Crippen molar-refractivity contribution in [2.45, 2.75) is 20.4 Å². The molecule has 0 radical (unpaired) electrons. The SMILES string of the molecule is CC(C)Cn1c(=O)[nH]c(=O)c2ccsc21. The van der Waals surface area contributed by atoms with Gasteiger partial charge in [0.15, 0.2) is 0 Å². The molecule has 15 heavy (non-hydrogen) atoms. The number of nitrogens with one attached hydrogen (secondary N) is 1. The van der Waals surface area contributed by atoms with Gasteiger partial charge in [-0.05, 0) is 17.4 Å². The van der Waals surface area contributed by atoms with Gasteiger partial charge in [0.05, 0.1) is 5.39 Å². The number of aromatic nitrogens is 2. The second kappa shape index (κ2) is 3.66. The van der Waals surface area contributed by atoms with Crippen molar-refractivity contribution in [3.05, 3.63) is 32.3 Å². The first-order valence-electron chi connectivity index (χ1n) is 4.80. The number of nitrogens with zero attached hydrogens (tertiary/aromatic N) is 1. The van der Waals surface area contributed by atoms with Gasteiger partial charge in [-0.3, -0.25) is 14.3 Å². The third kappa shape index (κ3) is 1.74. The van der Waals surface area contributed by atoms with E-state index in [-0.39, 0.29) is 11.2 Å². The molecule has 0 aliphatic rings. The van der Waals surface area contributed by atoms with Gasteiger partial charge in [0.25, 0.3) is 5.56 Å². The summed E-state index contributed by atoms with van der Waals surface area (Å²) in [4.78, 5) is 26.1. The van der Waals surface area contributed by atoms with E-state index < -0.39 is 0 Å². The van der Waals surface area contributed by atoms with Crippen LogP contribution in [0, 0.1) is 5.92 Å². The Labute approximate surface area is 90.2 Å². The fourth-order valence-corrected chi connectivity index (χ4v) is 2.44. The molecule has 2 aromatic heterocycles. The van der Waals surface area contributed by atoms with Crippen molar-refractivity contribution >= 4 is 21.6 Å². The number of hydrogen-bond donors (Lipinski definition) is 1. The highest BCUT2D eigenvalue weighted by molar-refractivity contribution is 7.16. The number of H-pyrrole nitrogens is 1. The molecule has 2 aromatic rings. The Morgan fingerprint density at radius 1 is 1.47 bits per heavy atom. The van der Waals surface area contributed by atoms with E-state index in [4.69, 9.17) is 0 Å². The minimum Gasteiger partial charge on any atom is -0.284 e. The zero-order valence-corrected chi connectivity index (χ0v) is 9.43. The Morgan fingerprint density at radius 3 is 2.87 bits per heavy atom. The van der Waals surface area contributed by atoms with Crippen LogP contribution in [0.4, 0.5) is 0 Å². The second-order valence-corrected chi connectivity index (χ2v) is 4.80. The lowest BCUT2D eigenvalue weighted by Crippen LogP contribution is -2.30. The zero-order chi connectivity index (χ0) is 11.0. The van der Waals surface area contributed by atoms with Gasteiger partial charge < -0.3 is 0 Å². The fraction of sp³-hybridized carbons (Fsp3) is 0.400. The first-order chi connectivity index (χ1) is 7.09. The van der Waals surface area contributed by atoms with Crippen molar-refractivity contribution in [1.82, 2.24) is 9.55 Å². The molecule has 0 spiro atoms. The summed E-state index contributed by atoms with van der Waals surface area (Å²) in [5.74, 6) is 0.374. The van der Waals surface area contributed by atoms with Gasteiger partial charge >= 0.3 is 5.69 Å². The monoisotopic (exact) mass is 224 g/mol. The first kappa shape index (κ1) is 10.2. The molecule has 0 unspecified atom stereocenters. The molecule has 0 aliphatic carbocycles. The van der Waals surface area contributed by atoms with E-state index in [1.165, 1.54) is 11.3 Å². The van der Waals surface area contributed by atoms with Crippen LogP contribution < -0.4 is 11.2 Å². The summed E-state index contributed by atoms with van der Waals surface area (Å²) in [6.45, 7) is 4.71. The molecule has 5 heteroatoms. The third-order valence-corrected chi connectivity index (χ3v) is 3.08. The van der Waals surface area contributed by atoms with Crippen LogP contribution in [0.2, 0.25) is 0 Å². The van der Waals surface area contributed by atoms with Crippen LogP contribution in [-0.4, -0.2) is 9.55 Å². The largest absolute Gasteiger partial charge is 0.329 e. The normalized spacial score (nSPS) is 11.4. The summed E-state index contributed by atoms with van der Waals surface area (Å²) in [5.41, 5.74) is -0.611. The topological polar surface area (TPSA) is 54.9 Å². The van der Waals surface area contributed by atoms with E-state index in [0.29, 0.717) is 17.8 Å². The predicted octanol–water partition coefficient (Wildman–Crippen LogP) is 1.41. The van der Waals surface area contributed by atoms with Crippen molar-refractivity contribution in [1.29, 1.82) is 0 Å². The molecule has 0 atom stereocenters. The van der Waals surface area contributed by atoms with Crippen molar-refractivity contribution < 1.29 is 0 Å². The number of rotatable bonds is 2. The number of aromatic amines is 1. The molecule has 0 bridgehead atoms. The van der Waals surface area contributed by atoms with Crippen LogP contribution in [0.15, 0.2) is 21.0 Å². The van der Waals surface area contributed by atoms with Crippen molar-refractivity contribution in [2.75, 3.05) is 0 Å². The van der Waals surface area contributed by atoms with E-state index in [1.54, 1.807) is 10.6 Å². The van der Waals surface area contributed by atoms with Crippen LogP contribution in [0.1, 0.15) is 13.8 Å². The number of hydrogen-bond acceptors (Lipinski definition) is 3. The molecule has 0 aliphatic heterocycles. The van der Waals surface area contributed by atoms with Crippen LogP contribution in [-0.2, 0) is 6.54 Å². The minimum absolute atomic E-state index is 0.295. The zero-order valence-electron chi connectivity index (χ0n) is 8.61. The quantitative estimate of drug-likeness (QED) is 0.838. The molecule has 2 heterocycles. The summed E-state index contributed by atoms with van der Waals surface area (Å²) in [6, 6.07) is 1.75. The van der Waals surface area contributed by atoms with Gasteiger partial charge in [0, 0.05) is 6.54 Å². The lowest BCUT2D eigenvalue weighted by atomic mass is 10.2. The maximum Gasteiger partial charge on any atom is 0.329 e. The number of thiophene rings is 1. The lowest BCUT2D eigenvalue weighted by Gasteiger charge is -2.08. The van der Waals surface area contributed by atoms with Crippen LogP contribution >= 0.6 is 11.3 Å². The van der Waals surface area contributed by atoms with Crippen molar-refractivity contribution in [2.24, 2.45) is 5.92 Å². The Balaban J connectivity index is 2.77. The summed E-state index contributed by atoms with van der Waals surface area (Å²) in [7, 11) is 0. The highest BCUT2D eigenvalue weighted by Gasteiger charge is 2.09. The van der Waals surface area contributed by atoms with Gasteiger partial charge in [-0.2, -0.15) is 0 Å². The van der Waals surface area contributed by atoms with Crippen molar-refractivity contribution in [3.63, 3.8) is 0 Å². The highest BCUT2D eigenvalue weighted by Crippen LogP contribution is 2.15. The van der Waals surface area contributed by atoms with Crippen LogP contribution in [0.3, 0.4) is 0 Å². The maximum atomic E-state index is 11.6. The molecule has 0 aromatic carbocycles. The highest BCUT2D eigenvalue weighted by atomic mass is 32.1. The Morgan fingerprint density at radius 2 is 2.20 bits per heavy atom. The summed E-state index contributed by atoms with van der Waals surface area (Å²) in [5, 5.41) is 2.43. The van der Waals surface area contributed by atoms with Gasteiger partial charge in [0.2, 0.25) is 0 Å². The minimum atomic E-state index is -0.316. The molecule has 0 saturated heterocycles. The van der Waals surface area contributed by atoms with E-state index in [0.717, 1.165) is 4.83 Å². The van der Waals surface area contributed by atoms with E-state index in [2.05, 4.69) is 4.98 Å². The Kier molecular flexibility index (Phi) is 2.48. The molecule has 2 rings (SSSR count). The molecular formula is C10H12N2O2S. The smallest absolute Gasteiger partial charge is 0.284 e. The Bertz CT molecular complexity index is 591. The average Bonchev–Trinajstić information content (AvgIpc) is 2.60. The van der Waals surface area contributed by atoms with E-state index in [1.807, 2.05) is 19.2 Å². The average molecular weight is 224 g/mol. The van der Waals surface area contributed by atoms with Crippen LogP contribution in [0.5, 0.6) is 0 Å². The molecule has 1 N–H and O–H groups in total. The van der Waals surface area contributed by atoms with Gasteiger partial charge in [-0.25, -0.2) is 4.79 Å². The van der Waals surface area contributed by atoms with Crippen molar-refractivity contribution in [3.8, 4) is 0 Å². The molecule has 80 valence electrons. The first-order valence-corrected chi connectivity index (χ1v) is 5.68. The summed E-state index contributed by atoms with van der Waals surface area (Å²) >= 11 is 1.43. The standard InChI is InChI=1S/C10H12N2O2S/c1-6(2)5-12-9-7(3-4-15-9)8(13)11-10(12)14/h3-4,6H,5H2,1-2H3,(H,11,13,14). The molecular weight excluding hydrogens is 212 g/mol. The van der Waals surface area contributed by atoms with Gasteiger partial charge in [-0.15, -0.1) is 11.3 Å². The maximum absolute atomic E-state index is 11.6. The molecule has 0 fully saturated rings. The summed E-state index contributed by atoms with van der Waals surface area (Å²) in [6.07, 6.45) is 0. The Hall–Kier alpha value is -1.36. The third-order valence-electron chi connectivity index (χ3n) is 2.15. The number of fused-ring (bicyclic) bond motifs is 1. The summed E-state index contributed by atoms with van der Waals surface area (Å²) < 4.78 is 1.63. The molecule has 0 amide bonds. The lowest BCUT2D eigenvalue weighted by molar-refractivity contribution is 0.517.